The lowest BCUT2D eigenvalue weighted by Gasteiger charge is -2.13. The van der Waals surface area contributed by atoms with Crippen LogP contribution in [0.25, 0.3) is 0 Å². The zero-order chi connectivity index (χ0) is 22.6. The van der Waals surface area contributed by atoms with Gasteiger partial charge < -0.3 is 25.4 Å². The Kier molecular flexibility index (Phi) is 9.54. The predicted octanol–water partition coefficient (Wildman–Crippen LogP) is 2.74. The fourth-order valence-corrected chi connectivity index (χ4v) is 2.69. The van der Waals surface area contributed by atoms with Crippen molar-refractivity contribution in [2.75, 3.05) is 26.8 Å². The summed E-state index contributed by atoms with van der Waals surface area (Å²) in [5, 5.41) is 8.71. The molecule has 0 spiro atoms. The lowest BCUT2D eigenvalue weighted by molar-refractivity contribution is -0.123. The first-order chi connectivity index (χ1) is 15.0. The second-order valence-electron chi connectivity index (χ2n) is 6.51. The summed E-state index contributed by atoms with van der Waals surface area (Å²) in [5.74, 6) is 0.195. The van der Waals surface area contributed by atoms with Crippen molar-refractivity contribution in [1.29, 1.82) is 0 Å². The lowest BCUT2D eigenvalue weighted by Crippen LogP contribution is -2.37. The van der Waals surface area contributed by atoms with Gasteiger partial charge in [0.15, 0.2) is 24.1 Å². The second-order valence-corrected chi connectivity index (χ2v) is 6.51. The number of halogens is 2. The van der Waals surface area contributed by atoms with E-state index < -0.39 is 11.6 Å². The minimum atomic E-state index is -0.498. The van der Waals surface area contributed by atoms with Crippen LogP contribution in [0.2, 0.25) is 0 Å². The van der Waals surface area contributed by atoms with Crippen LogP contribution in [0.3, 0.4) is 0 Å². The monoisotopic (exact) mass is 434 g/mol. The highest BCUT2D eigenvalue weighted by molar-refractivity contribution is 5.79. The van der Waals surface area contributed by atoms with Crippen LogP contribution in [-0.4, -0.2) is 38.7 Å². The van der Waals surface area contributed by atoms with Gasteiger partial charge in [-0.15, -0.1) is 0 Å². The van der Waals surface area contributed by atoms with Crippen molar-refractivity contribution < 1.29 is 23.0 Å². The van der Waals surface area contributed by atoms with Crippen LogP contribution in [0.1, 0.15) is 25.0 Å². The Morgan fingerprint density at radius 1 is 1.00 bits per heavy atom. The molecule has 0 fully saturated rings. The van der Waals surface area contributed by atoms with Gasteiger partial charge in [-0.05, 0) is 49.7 Å². The van der Waals surface area contributed by atoms with E-state index in [4.69, 9.17) is 9.47 Å². The highest BCUT2D eigenvalue weighted by Crippen LogP contribution is 2.28. The van der Waals surface area contributed by atoms with Crippen molar-refractivity contribution in [3.8, 4) is 11.5 Å². The first-order valence-corrected chi connectivity index (χ1v) is 9.99. The highest BCUT2D eigenvalue weighted by Gasteiger charge is 2.09. The molecule has 2 aromatic carbocycles. The number of likely N-dealkylation sites (N-methyl/N-ethyl adjacent to an activating group) is 1. The van der Waals surface area contributed by atoms with E-state index in [1.165, 1.54) is 7.11 Å². The Bertz CT molecular complexity index is 906. The van der Waals surface area contributed by atoms with E-state index in [2.05, 4.69) is 20.9 Å². The SMILES string of the molecule is CCNC(=O)COc1ccc(CN=C(NCC)NCc2cc(F)ccc2F)cc1OC. The fraction of sp³-hybridized carbons (Fsp3) is 0.364. The number of carbonyl (C=O) groups excluding carboxylic acids is 1. The number of nitrogens with one attached hydrogen (secondary N) is 3. The first-order valence-electron chi connectivity index (χ1n) is 9.99. The maximum absolute atomic E-state index is 13.8. The Morgan fingerprint density at radius 2 is 1.77 bits per heavy atom. The number of guanidine groups is 1. The predicted molar refractivity (Wildman–Crippen MR) is 115 cm³/mol. The van der Waals surface area contributed by atoms with Gasteiger partial charge in [-0.3, -0.25) is 4.79 Å². The molecule has 1 amide bonds. The summed E-state index contributed by atoms with van der Waals surface area (Å²) in [6.45, 7) is 5.17. The maximum atomic E-state index is 13.8. The Hall–Kier alpha value is -3.36. The summed E-state index contributed by atoms with van der Waals surface area (Å²) < 4.78 is 38.0. The van der Waals surface area contributed by atoms with Crippen LogP contribution >= 0.6 is 0 Å². The lowest BCUT2D eigenvalue weighted by atomic mass is 10.2. The van der Waals surface area contributed by atoms with E-state index >= 15 is 0 Å². The number of methoxy groups -OCH3 is 1. The Balaban J connectivity index is 2.04. The van der Waals surface area contributed by atoms with Gasteiger partial charge in [0.2, 0.25) is 0 Å². The third-order valence-electron chi connectivity index (χ3n) is 4.18. The van der Waals surface area contributed by atoms with Gasteiger partial charge in [0.1, 0.15) is 11.6 Å². The molecule has 0 aromatic heterocycles. The summed E-state index contributed by atoms with van der Waals surface area (Å²) in [5.41, 5.74) is 1.05. The average molecular weight is 434 g/mol. The topological polar surface area (TPSA) is 84.0 Å². The van der Waals surface area contributed by atoms with E-state index in [9.17, 15) is 13.6 Å². The van der Waals surface area contributed by atoms with Crippen LogP contribution < -0.4 is 25.4 Å². The Labute approximate surface area is 180 Å². The first kappa shape index (κ1) is 23.9. The van der Waals surface area contributed by atoms with Gasteiger partial charge in [-0.1, -0.05) is 6.07 Å². The molecule has 2 rings (SSSR count). The summed E-state index contributed by atoms with van der Waals surface area (Å²) in [6.07, 6.45) is 0. The molecule has 0 unspecified atom stereocenters. The zero-order valence-corrected chi connectivity index (χ0v) is 17.9. The third-order valence-corrected chi connectivity index (χ3v) is 4.18. The summed E-state index contributed by atoms with van der Waals surface area (Å²) in [6, 6.07) is 8.62. The van der Waals surface area contributed by atoms with Gasteiger partial charge in [-0.25, -0.2) is 13.8 Å². The molecule has 9 heteroatoms. The molecule has 0 atom stereocenters. The average Bonchev–Trinajstić information content (AvgIpc) is 2.76. The standard InChI is InChI=1S/C22H28F2N4O3/c1-4-25-21(29)14-31-19-9-6-15(10-20(19)30-3)12-27-22(26-5-2)28-13-16-11-17(23)7-8-18(16)24/h6-11H,4-5,12-14H2,1-3H3,(H,25,29)(H2,26,27,28). The van der Waals surface area contributed by atoms with Gasteiger partial charge in [0.05, 0.1) is 13.7 Å². The van der Waals surface area contributed by atoms with Crippen LogP contribution in [0, 0.1) is 11.6 Å². The second kappa shape index (κ2) is 12.4. The molecule has 0 radical (unpaired) electrons. The van der Waals surface area contributed by atoms with Crippen LogP contribution in [-0.2, 0) is 17.9 Å². The number of rotatable bonds is 10. The summed E-state index contributed by atoms with van der Waals surface area (Å²) in [7, 11) is 1.51. The number of benzene rings is 2. The molecule has 0 saturated heterocycles. The van der Waals surface area contributed by atoms with E-state index in [-0.39, 0.29) is 24.6 Å². The molecular formula is C22H28F2N4O3. The largest absolute Gasteiger partial charge is 0.493 e. The Morgan fingerprint density at radius 3 is 2.48 bits per heavy atom. The molecule has 0 aliphatic rings. The van der Waals surface area contributed by atoms with Crippen LogP contribution in [0.15, 0.2) is 41.4 Å². The minimum Gasteiger partial charge on any atom is -0.493 e. The smallest absolute Gasteiger partial charge is 0.257 e. The minimum absolute atomic E-state index is 0.0886. The highest BCUT2D eigenvalue weighted by atomic mass is 19.1. The van der Waals surface area contributed by atoms with Crippen molar-refractivity contribution in [3.63, 3.8) is 0 Å². The van der Waals surface area contributed by atoms with Crippen molar-refractivity contribution in [3.05, 3.63) is 59.2 Å². The van der Waals surface area contributed by atoms with Gasteiger partial charge in [0, 0.05) is 25.2 Å². The van der Waals surface area contributed by atoms with Crippen molar-refractivity contribution >= 4 is 11.9 Å². The number of hydrogen-bond donors (Lipinski definition) is 3. The van der Waals surface area contributed by atoms with E-state index in [0.29, 0.717) is 37.1 Å². The molecule has 0 bridgehead atoms. The maximum Gasteiger partial charge on any atom is 0.257 e. The molecule has 0 aliphatic carbocycles. The van der Waals surface area contributed by atoms with Crippen molar-refractivity contribution in [1.82, 2.24) is 16.0 Å². The number of amides is 1. The molecule has 7 nitrogen and oxygen atoms in total. The van der Waals surface area contributed by atoms with Gasteiger partial charge >= 0.3 is 0 Å². The number of hydrogen-bond acceptors (Lipinski definition) is 4. The van der Waals surface area contributed by atoms with Crippen molar-refractivity contribution in [2.24, 2.45) is 4.99 Å². The third kappa shape index (κ3) is 7.76. The zero-order valence-electron chi connectivity index (χ0n) is 17.9. The molecule has 31 heavy (non-hydrogen) atoms. The number of nitrogens with zero attached hydrogens (tertiary/aromatic N) is 1. The van der Waals surface area contributed by atoms with E-state index in [1.54, 1.807) is 12.1 Å². The van der Waals surface area contributed by atoms with Crippen LogP contribution in [0.4, 0.5) is 8.78 Å². The molecule has 168 valence electrons. The van der Waals surface area contributed by atoms with E-state index in [1.807, 2.05) is 19.9 Å². The quantitative estimate of drug-likeness (QED) is 0.396. The summed E-state index contributed by atoms with van der Waals surface area (Å²) >= 11 is 0. The number of ether oxygens (including phenoxy) is 2. The van der Waals surface area contributed by atoms with Gasteiger partial charge in [-0.2, -0.15) is 0 Å². The molecule has 0 heterocycles. The molecule has 0 aliphatic heterocycles. The van der Waals surface area contributed by atoms with Crippen molar-refractivity contribution in [2.45, 2.75) is 26.9 Å². The molecule has 2 aromatic rings. The van der Waals surface area contributed by atoms with E-state index in [0.717, 1.165) is 23.8 Å². The molecule has 0 saturated carbocycles. The van der Waals surface area contributed by atoms with Gasteiger partial charge in [0.25, 0.3) is 5.91 Å². The molecular weight excluding hydrogens is 406 g/mol. The van der Waals surface area contributed by atoms with Crippen LogP contribution in [0.5, 0.6) is 11.5 Å². The number of aliphatic imine (C=N–C) groups is 1. The number of carbonyl (C=O) groups is 1. The molecule has 3 N–H and O–H groups in total. The fourth-order valence-electron chi connectivity index (χ4n) is 2.69. The normalized spacial score (nSPS) is 11.1. The summed E-state index contributed by atoms with van der Waals surface area (Å²) in [4.78, 5) is 16.0.